The van der Waals surface area contributed by atoms with Crippen molar-refractivity contribution in [1.82, 2.24) is 14.9 Å². The third-order valence-electron chi connectivity index (χ3n) is 3.44. The van der Waals surface area contributed by atoms with Crippen molar-refractivity contribution < 1.29 is 4.79 Å². The average Bonchev–Trinajstić information content (AvgIpc) is 2.40. The highest BCUT2D eigenvalue weighted by atomic mass is 79.9. The number of hydrogen-bond acceptors (Lipinski definition) is 5. The Labute approximate surface area is 124 Å². The molecule has 1 aromatic heterocycles. The first kappa shape index (κ1) is 13.2. The van der Waals surface area contributed by atoms with Crippen LogP contribution >= 0.6 is 27.7 Å². The number of aromatic nitrogens is 2. The third kappa shape index (κ3) is 2.86. The van der Waals surface area contributed by atoms with Crippen molar-refractivity contribution in [3.05, 3.63) is 16.9 Å². The fourth-order valence-corrected chi connectivity index (χ4v) is 3.42. The molecule has 0 bridgehead atoms. The van der Waals surface area contributed by atoms with Gasteiger partial charge < -0.3 is 9.80 Å². The fourth-order valence-electron chi connectivity index (χ4n) is 2.31. The summed E-state index contributed by atoms with van der Waals surface area (Å²) in [4.78, 5) is 24.8. The van der Waals surface area contributed by atoms with Crippen LogP contribution < -0.4 is 4.90 Å². The Hall–Kier alpha value is -0.820. The zero-order valence-electron chi connectivity index (χ0n) is 10.5. The zero-order valence-corrected chi connectivity index (χ0v) is 12.9. The van der Waals surface area contributed by atoms with Crippen LogP contribution in [0.4, 0.5) is 5.95 Å². The van der Waals surface area contributed by atoms with Crippen LogP contribution in [0.3, 0.4) is 0 Å². The van der Waals surface area contributed by atoms with E-state index in [-0.39, 0.29) is 5.92 Å². The molecule has 102 valence electrons. The number of anilines is 1. The number of nitrogens with zero attached hydrogens (tertiary/aromatic N) is 4. The molecule has 2 fully saturated rings. The Balaban J connectivity index is 1.54. The van der Waals surface area contributed by atoms with E-state index in [1.54, 1.807) is 12.4 Å². The SMILES string of the molecule is O=C(C1CN(c2ncc(Br)cn2)C1)N1CCSCC1. The van der Waals surface area contributed by atoms with Crippen LogP contribution in [0.15, 0.2) is 16.9 Å². The molecule has 0 saturated carbocycles. The first-order valence-electron chi connectivity index (χ1n) is 6.33. The topological polar surface area (TPSA) is 49.3 Å². The van der Waals surface area contributed by atoms with Gasteiger partial charge in [0.15, 0.2) is 0 Å². The number of halogens is 1. The van der Waals surface area contributed by atoms with Gasteiger partial charge in [-0.1, -0.05) is 0 Å². The Kier molecular flexibility index (Phi) is 3.93. The van der Waals surface area contributed by atoms with Crippen molar-refractivity contribution >= 4 is 39.5 Å². The lowest BCUT2D eigenvalue weighted by molar-refractivity contribution is -0.135. The quantitative estimate of drug-likeness (QED) is 0.809. The predicted molar refractivity (Wildman–Crippen MR) is 79.3 cm³/mol. The molecule has 19 heavy (non-hydrogen) atoms. The highest BCUT2D eigenvalue weighted by Crippen LogP contribution is 2.24. The van der Waals surface area contributed by atoms with E-state index in [2.05, 4.69) is 25.9 Å². The van der Waals surface area contributed by atoms with Crippen LogP contribution in [-0.2, 0) is 4.79 Å². The summed E-state index contributed by atoms with van der Waals surface area (Å²) in [5, 5.41) is 0. The molecule has 1 amide bonds. The molecule has 2 aliphatic heterocycles. The first-order valence-corrected chi connectivity index (χ1v) is 8.28. The summed E-state index contributed by atoms with van der Waals surface area (Å²) in [5.74, 6) is 3.26. The minimum absolute atomic E-state index is 0.121. The molecular weight excluding hydrogens is 328 g/mol. The highest BCUT2D eigenvalue weighted by molar-refractivity contribution is 9.10. The van der Waals surface area contributed by atoms with Crippen molar-refractivity contribution in [2.75, 3.05) is 42.6 Å². The van der Waals surface area contributed by atoms with E-state index >= 15 is 0 Å². The van der Waals surface area contributed by atoms with Crippen LogP contribution in [0.5, 0.6) is 0 Å². The van der Waals surface area contributed by atoms with Crippen molar-refractivity contribution in [2.45, 2.75) is 0 Å². The summed E-state index contributed by atoms with van der Waals surface area (Å²) < 4.78 is 0.871. The maximum absolute atomic E-state index is 12.3. The summed E-state index contributed by atoms with van der Waals surface area (Å²) >= 11 is 5.24. The van der Waals surface area contributed by atoms with E-state index in [0.29, 0.717) is 11.9 Å². The first-order chi connectivity index (χ1) is 9.24. The molecule has 0 aliphatic carbocycles. The molecular formula is C12H15BrN4OS. The largest absolute Gasteiger partial charge is 0.341 e. The molecule has 0 unspecified atom stereocenters. The highest BCUT2D eigenvalue weighted by Gasteiger charge is 2.36. The van der Waals surface area contributed by atoms with Gasteiger partial charge in [0.25, 0.3) is 0 Å². The number of carbonyl (C=O) groups is 1. The van der Waals surface area contributed by atoms with Crippen molar-refractivity contribution in [1.29, 1.82) is 0 Å². The Morgan fingerprint density at radius 2 is 1.89 bits per heavy atom. The van der Waals surface area contributed by atoms with Gasteiger partial charge in [0.05, 0.1) is 10.4 Å². The summed E-state index contributed by atoms with van der Waals surface area (Å²) in [6.07, 6.45) is 3.47. The van der Waals surface area contributed by atoms with Gasteiger partial charge in [0.2, 0.25) is 11.9 Å². The number of carbonyl (C=O) groups excluding carboxylic acids is 1. The molecule has 0 N–H and O–H groups in total. The van der Waals surface area contributed by atoms with Crippen molar-refractivity contribution in [3.8, 4) is 0 Å². The summed E-state index contributed by atoms with van der Waals surface area (Å²) in [5.41, 5.74) is 0. The Bertz CT molecular complexity index is 457. The molecule has 0 atom stereocenters. The van der Waals surface area contributed by atoms with Gasteiger partial charge in [0.1, 0.15) is 0 Å². The van der Waals surface area contributed by atoms with Crippen LogP contribution in [-0.4, -0.2) is 58.5 Å². The number of thioether (sulfide) groups is 1. The van der Waals surface area contributed by atoms with E-state index in [1.807, 2.05) is 21.6 Å². The lowest BCUT2D eigenvalue weighted by Crippen LogP contribution is -2.56. The van der Waals surface area contributed by atoms with E-state index in [0.717, 1.165) is 42.2 Å². The van der Waals surface area contributed by atoms with Gasteiger partial charge in [-0.3, -0.25) is 4.79 Å². The van der Waals surface area contributed by atoms with Crippen molar-refractivity contribution in [2.24, 2.45) is 5.92 Å². The van der Waals surface area contributed by atoms with Crippen LogP contribution in [0, 0.1) is 5.92 Å². The molecule has 3 rings (SSSR count). The smallest absolute Gasteiger partial charge is 0.229 e. The van der Waals surface area contributed by atoms with Gasteiger partial charge in [-0.15, -0.1) is 0 Å². The molecule has 0 spiro atoms. The molecule has 1 aromatic rings. The number of rotatable bonds is 2. The molecule has 2 aliphatic rings. The molecule has 2 saturated heterocycles. The van der Waals surface area contributed by atoms with Crippen LogP contribution in [0.2, 0.25) is 0 Å². The normalized spacial score (nSPS) is 20.3. The Morgan fingerprint density at radius 3 is 2.53 bits per heavy atom. The summed E-state index contributed by atoms with van der Waals surface area (Å²) in [7, 11) is 0. The van der Waals surface area contributed by atoms with E-state index in [1.165, 1.54) is 0 Å². The minimum atomic E-state index is 0.121. The second-order valence-electron chi connectivity index (χ2n) is 4.74. The third-order valence-corrected chi connectivity index (χ3v) is 4.80. The summed E-state index contributed by atoms with van der Waals surface area (Å²) in [6.45, 7) is 3.28. The van der Waals surface area contributed by atoms with Gasteiger partial charge in [-0.05, 0) is 15.9 Å². The van der Waals surface area contributed by atoms with E-state index in [9.17, 15) is 4.79 Å². The zero-order chi connectivity index (χ0) is 13.2. The predicted octanol–water partition coefficient (Wildman–Crippen LogP) is 1.25. The van der Waals surface area contributed by atoms with Gasteiger partial charge in [-0.25, -0.2) is 9.97 Å². The monoisotopic (exact) mass is 342 g/mol. The lowest BCUT2D eigenvalue weighted by Gasteiger charge is -2.41. The molecule has 5 nitrogen and oxygen atoms in total. The van der Waals surface area contributed by atoms with Gasteiger partial charge >= 0.3 is 0 Å². The molecule has 7 heteroatoms. The number of amides is 1. The minimum Gasteiger partial charge on any atom is -0.341 e. The van der Waals surface area contributed by atoms with E-state index < -0.39 is 0 Å². The van der Waals surface area contributed by atoms with Gasteiger partial charge in [0, 0.05) is 50.1 Å². The van der Waals surface area contributed by atoms with Gasteiger partial charge in [-0.2, -0.15) is 11.8 Å². The molecule has 0 radical (unpaired) electrons. The second kappa shape index (κ2) is 5.66. The second-order valence-corrected chi connectivity index (χ2v) is 6.88. The molecule has 3 heterocycles. The fraction of sp³-hybridized carbons (Fsp3) is 0.583. The van der Waals surface area contributed by atoms with Crippen LogP contribution in [0.25, 0.3) is 0 Å². The standard InChI is InChI=1S/C12H15BrN4OS/c13-10-5-14-12(15-6-10)17-7-9(8-17)11(18)16-1-3-19-4-2-16/h5-6,9H,1-4,7-8H2. The van der Waals surface area contributed by atoms with Crippen molar-refractivity contribution in [3.63, 3.8) is 0 Å². The van der Waals surface area contributed by atoms with Crippen LogP contribution in [0.1, 0.15) is 0 Å². The molecule has 0 aromatic carbocycles. The van der Waals surface area contributed by atoms with E-state index in [4.69, 9.17) is 0 Å². The average molecular weight is 343 g/mol. The maximum atomic E-state index is 12.3. The lowest BCUT2D eigenvalue weighted by atomic mass is 9.99. The maximum Gasteiger partial charge on any atom is 0.229 e. The summed E-state index contributed by atoms with van der Waals surface area (Å²) in [6, 6.07) is 0. The Morgan fingerprint density at radius 1 is 1.26 bits per heavy atom. The number of hydrogen-bond donors (Lipinski definition) is 0.